The molecule has 2 heterocycles. The zero-order valence-electron chi connectivity index (χ0n) is 12.6. The van der Waals surface area contributed by atoms with Gasteiger partial charge in [-0.25, -0.2) is 14.5 Å². The molecule has 0 amide bonds. The Hall–Kier alpha value is -2.58. The molecule has 9 heteroatoms. The molecule has 0 saturated carbocycles. The Kier molecular flexibility index (Phi) is 4.41. The molecule has 3 N–H and O–H groups in total. The highest BCUT2D eigenvalue weighted by Crippen LogP contribution is 2.24. The lowest BCUT2D eigenvalue weighted by Gasteiger charge is -2.11. The van der Waals surface area contributed by atoms with Crippen LogP contribution in [0.2, 0.25) is 5.02 Å². The Balaban J connectivity index is 2.15. The van der Waals surface area contributed by atoms with Gasteiger partial charge in [0.25, 0.3) is 5.56 Å². The first-order chi connectivity index (χ1) is 11.5. The fourth-order valence-corrected chi connectivity index (χ4v) is 3.14. The van der Waals surface area contributed by atoms with E-state index < -0.39 is 5.97 Å². The van der Waals surface area contributed by atoms with Crippen molar-refractivity contribution in [3.05, 3.63) is 51.4 Å². The third kappa shape index (κ3) is 3.06. The average Bonchev–Trinajstić information content (AvgIpc) is 2.92. The van der Waals surface area contributed by atoms with Crippen LogP contribution in [0.1, 0.15) is 17.3 Å². The molecule has 0 atom stereocenters. The number of carbonyl (C=O) groups excluding carboxylic acids is 1. The Morgan fingerprint density at radius 2 is 2.29 bits per heavy atom. The Morgan fingerprint density at radius 3 is 3.00 bits per heavy atom. The third-order valence-corrected chi connectivity index (χ3v) is 4.25. The molecule has 0 unspecified atom stereocenters. The van der Waals surface area contributed by atoms with Crippen LogP contribution in [0.15, 0.2) is 35.3 Å². The largest absolute Gasteiger partial charge is 0.462 e. The number of aromatic nitrogens is 2. The lowest BCUT2D eigenvalue weighted by Crippen LogP contribution is -2.27. The van der Waals surface area contributed by atoms with Gasteiger partial charge in [-0.15, -0.1) is 0 Å². The van der Waals surface area contributed by atoms with Crippen LogP contribution in [0.5, 0.6) is 0 Å². The van der Waals surface area contributed by atoms with E-state index in [1.54, 1.807) is 31.2 Å². The first-order valence-electron chi connectivity index (χ1n) is 7.01. The van der Waals surface area contributed by atoms with Crippen LogP contribution in [0.4, 0.5) is 10.8 Å². The minimum absolute atomic E-state index is 0.161. The molecule has 7 nitrogen and oxygen atoms in total. The van der Waals surface area contributed by atoms with Gasteiger partial charge in [0.2, 0.25) is 0 Å². The highest BCUT2D eigenvalue weighted by molar-refractivity contribution is 7.22. The molecular weight excluding hydrogens is 352 g/mol. The number of nitrogen functional groups attached to an aromatic ring is 1. The maximum absolute atomic E-state index is 12.6. The second kappa shape index (κ2) is 6.50. The lowest BCUT2D eigenvalue weighted by atomic mass is 10.2. The number of anilines is 2. The number of ether oxygens (including phenoxy) is 1. The summed E-state index contributed by atoms with van der Waals surface area (Å²) in [5.74, 6) is -0.575. The number of fused-ring (bicyclic) bond motifs is 1. The van der Waals surface area contributed by atoms with E-state index in [1.807, 2.05) is 0 Å². The lowest BCUT2D eigenvalue weighted by molar-refractivity contribution is 0.0527. The molecule has 2 aromatic heterocycles. The molecule has 1 aromatic carbocycles. The average molecular weight is 365 g/mol. The van der Waals surface area contributed by atoms with Gasteiger partial charge in [-0.2, -0.15) is 0 Å². The van der Waals surface area contributed by atoms with E-state index in [0.717, 1.165) is 11.3 Å². The summed E-state index contributed by atoms with van der Waals surface area (Å²) < 4.78 is 6.49. The fourth-order valence-electron chi connectivity index (χ4n) is 2.16. The standard InChI is InChI=1S/C15H13ClN4O3S/c1-2-23-14(22)10-7-20(19-9-5-3-4-8(16)6-9)13(21)12-11(10)18-15(17)24-12/h3-7,19H,2H2,1H3,(H2,17,18). The number of thiazole rings is 1. The minimum atomic E-state index is -0.575. The molecular formula is C15H13ClN4O3S. The van der Waals surface area contributed by atoms with Crippen LogP contribution >= 0.6 is 22.9 Å². The quantitative estimate of drug-likeness (QED) is 0.690. The molecule has 3 aromatic rings. The number of benzene rings is 1. The van der Waals surface area contributed by atoms with Crippen molar-refractivity contribution in [2.75, 3.05) is 17.8 Å². The van der Waals surface area contributed by atoms with E-state index in [-0.39, 0.29) is 33.1 Å². The van der Waals surface area contributed by atoms with E-state index in [9.17, 15) is 9.59 Å². The first-order valence-corrected chi connectivity index (χ1v) is 8.20. The number of nitrogens with one attached hydrogen (secondary N) is 1. The van der Waals surface area contributed by atoms with Crippen molar-refractivity contribution in [3.8, 4) is 0 Å². The maximum atomic E-state index is 12.6. The van der Waals surface area contributed by atoms with Gasteiger partial charge in [0, 0.05) is 11.2 Å². The Labute approximate surface area is 145 Å². The van der Waals surface area contributed by atoms with Gasteiger partial charge >= 0.3 is 5.97 Å². The summed E-state index contributed by atoms with van der Waals surface area (Å²) in [6, 6.07) is 6.86. The highest BCUT2D eigenvalue weighted by Gasteiger charge is 2.19. The normalized spacial score (nSPS) is 10.8. The number of carbonyl (C=O) groups is 1. The predicted molar refractivity (Wildman–Crippen MR) is 94.7 cm³/mol. The monoisotopic (exact) mass is 364 g/mol. The summed E-state index contributed by atoms with van der Waals surface area (Å²) in [6.07, 6.45) is 1.35. The zero-order chi connectivity index (χ0) is 17.3. The zero-order valence-corrected chi connectivity index (χ0v) is 14.1. The Bertz CT molecular complexity index is 982. The molecule has 124 valence electrons. The topological polar surface area (TPSA) is 99.2 Å². The van der Waals surface area contributed by atoms with Crippen molar-refractivity contribution >= 4 is 49.9 Å². The fraction of sp³-hybridized carbons (Fsp3) is 0.133. The molecule has 0 aliphatic heterocycles. The van der Waals surface area contributed by atoms with Gasteiger partial charge < -0.3 is 10.5 Å². The minimum Gasteiger partial charge on any atom is -0.462 e. The summed E-state index contributed by atoms with van der Waals surface area (Å²) in [6.45, 7) is 1.91. The molecule has 24 heavy (non-hydrogen) atoms. The van der Waals surface area contributed by atoms with Crippen molar-refractivity contribution in [1.82, 2.24) is 9.66 Å². The summed E-state index contributed by atoms with van der Waals surface area (Å²) in [5, 5.41) is 0.718. The summed E-state index contributed by atoms with van der Waals surface area (Å²) in [4.78, 5) is 28.8. The van der Waals surface area contributed by atoms with E-state index in [0.29, 0.717) is 10.7 Å². The number of halogens is 1. The second-order valence-electron chi connectivity index (χ2n) is 4.79. The second-order valence-corrected chi connectivity index (χ2v) is 6.26. The summed E-state index contributed by atoms with van der Waals surface area (Å²) in [5.41, 5.74) is 9.22. The van der Waals surface area contributed by atoms with Crippen LogP contribution in [-0.4, -0.2) is 22.2 Å². The molecule has 0 saturated heterocycles. The number of rotatable bonds is 4. The van der Waals surface area contributed by atoms with E-state index >= 15 is 0 Å². The van der Waals surface area contributed by atoms with Crippen LogP contribution in [0.25, 0.3) is 10.2 Å². The molecule has 0 aliphatic carbocycles. The van der Waals surface area contributed by atoms with Gasteiger partial charge in [-0.05, 0) is 25.1 Å². The number of esters is 1. The van der Waals surface area contributed by atoms with Crippen LogP contribution in [-0.2, 0) is 4.74 Å². The number of nitrogens with zero attached hydrogens (tertiary/aromatic N) is 2. The van der Waals surface area contributed by atoms with Crippen LogP contribution in [0.3, 0.4) is 0 Å². The van der Waals surface area contributed by atoms with Gasteiger partial charge in [0.15, 0.2) is 5.13 Å². The predicted octanol–water partition coefficient (Wildman–Crippen LogP) is 2.75. The highest BCUT2D eigenvalue weighted by atomic mass is 35.5. The van der Waals surface area contributed by atoms with Gasteiger partial charge in [0.05, 0.1) is 12.3 Å². The van der Waals surface area contributed by atoms with Gasteiger partial charge in [-0.1, -0.05) is 29.0 Å². The molecule has 0 fully saturated rings. The van der Waals surface area contributed by atoms with Gasteiger partial charge in [-0.3, -0.25) is 10.2 Å². The van der Waals surface area contributed by atoms with E-state index in [2.05, 4.69) is 10.4 Å². The Morgan fingerprint density at radius 1 is 1.50 bits per heavy atom. The maximum Gasteiger partial charge on any atom is 0.341 e. The summed E-state index contributed by atoms with van der Waals surface area (Å²) >= 11 is 6.96. The van der Waals surface area contributed by atoms with Gasteiger partial charge in [0.1, 0.15) is 15.8 Å². The van der Waals surface area contributed by atoms with Crippen molar-refractivity contribution in [1.29, 1.82) is 0 Å². The van der Waals surface area contributed by atoms with E-state index in [4.69, 9.17) is 22.1 Å². The summed E-state index contributed by atoms with van der Waals surface area (Å²) in [7, 11) is 0. The molecule has 0 spiro atoms. The molecule has 3 rings (SSSR count). The number of nitrogens with two attached hydrogens (primary N) is 1. The van der Waals surface area contributed by atoms with Crippen molar-refractivity contribution in [2.45, 2.75) is 6.92 Å². The number of hydrogen-bond donors (Lipinski definition) is 2. The molecule has 0 aliphatic rings. The SMILES string of the molecule is CCOC(=O)c1cn(Nc2cccc(Cl)c2)c(=O)c2sc(N)nc12. The number of hydrogen-bond acceptors (Lipinski definition) is 7. The number of pyridine rings is 1. The first kappa shape index (κ1) is 16.3. The van der Waals surface area contributed by atoms with Crippen molar-refractivity contribution < 1.29 is 9.53 Å². The van der Waals surface area contributed by atoms with E-state index in [1.165, 1.54) is 10.9 Å². The van der Waals surface area contributed by atoms with Crippen molar-refractivity contribution in [2.24, 2.45) is 0 Å². The van der Waals surface area contributed by atoms with Crippen LogP contribution in [0, 0.1) is 0 Å². The van der Waals surface area contributed by atoms with Crippen molar-refractivity contribution in [3.63, 3.8) is 0 Å². The smallest absolute Gasteiger partial charge is 0.341 e. The molecule has 0 radical (unpaired) electrons. The van der Waals surface area contributed by atoms with Crippen LogP contribution < -0.4 is 16.7 Å². The molecule has 0 bridgehead atoms. The third-order valence-electron chi connectivity index (χ3n) is 3.14.